The van der Waals surface area contributed by atoms with Gasteiger partial charge in [0.15, 0.2) is 5.69 Å². The Balaban J connectivity index is 2.40. The van der Waals surface area contributed by atoms with Gasteiger partial charge in [0.2, 0.25) is 0 Å². The Morgan fingerprint density at radius 1 is 1.45 bits per heavy atom. The minimum atomic E-state index is -0.473. The van der Waals surface area contributed by atoms with Crippen LogP contribution in [0, 0.1) is 0 Å². The van der Waals surface area contributed by atoms with Crippen LogP contribution in [0.25, 0.3) is 5.69 Å². The van der Waals surface area contributed by atoms with Crippen LogP contribution in [0.15, 0.2) is 24.4 Å². The number of carbonyl (C=O) groups is 1. The molecule has 5 nitrogen and oxygen atoms in total. The first-order valence-corrected chi connectivity index (χ1v) is 6.80. The molecule has 0 spiro atoms. The van der Waals surface area contributed by atoms with Crippen LogP contribution in [0.3, 0.4) is 0 Å². The molecule has 6 heteroatoms. The third-order valence-electron chi connectivity index (χ3n) is 2.84. The average molecular weight is 294 g/mol. The van der Waals surface area contributed by atoms with E-state index in [-0.39, 0.29) is 11.6 Å². The molecular formula is C14H16ClN3O2. The molecule has 0 bridgehead atoms. The topological polar surface area (TPSA) is 57.0 Å². The summed E-state index contributed by atoms with van der Waals surface area (Å²) in [5, 5.41) is 8.49. The number of ether oxygens (including phenoxy) is 1. The van der Waals surface area contributed by atoms with Gasteiger partial charge in [-0.3, -0.25) is 0 Å². The van der Waals surface area contributed by atoms with Crippen molar-refractivity contribution >= 4 is 17.6 Å². The van der Waals surface area contributed by atoms with Gasteiger partial charge in [-0.25, -0.2) is 9.48 Å². The van der Waals surface area contributed by atoms with Crippen LogP contribution in [0.2, 0.25) is 5.02 Å². The second-order valence-corrected chi connectivity index (χ2v) is 5.06. The van der Waals surface area contributed by atoms with Crippen molar-refractivity contribution in [3.63, 3.8) is 0 Å². The lowest BCUT2D eigenvalue weighted by atomic mass is 10.0. The number of halogens is 1. The van der Waals surface area contributed by atoms with Crippen molar-refractivity contribution < 1.29 is 9.53 Å². The quantitative estimate of drug-likeness (QED) is 0.812. The molecule has 106 valence electrons. The molecule has 1 heterocycles. The van der Waals surface area contributed by atoms with Crippen LogP contribution in [-0.2, 0) is 4.74 Å². The lowest BCUT2D eigenvalue weighted by Crippen LogP contribution is -2.05. The molecule has 0 N–H and O–H groups in total. The Labute approximate surface area is 122 Å². The van der Waals surface area contributed by atoms with E-state index in [1.807, 2.05) is 12.1 Å². The van der Waals surface area contributed by atoms with E-state index in [2.05, 4.69) is 24.2 Å². The molecule has 20 heavy (non-hydrogen) atoms. The molecule has 0 amide bonds. The summed E-state index contributed by atoms with van der Waals surface area (Å²) in [6, 6.07) is 5.54. The van der Waals surface area contributed by atoms with E-state index >= 15 is 0 Å². The molecule has 0 saturated carbocycles. The predicted octanol–water partition coefficient (Wildman–Crippen LogP) is 3.22. The van der Waals surface area contributed by atoms with E-state index in [1.54, 1.807) is 23.9 Å². The van der Waals surface area contributed by atoms with E-state index in [4.69, 9.17) is 16.3 Å². The average Bonchev–Trinajstić information content (AvgIpc) is 2.88. The summed E-state index contributed by atoms with van der Waals surface area (Å²) in [6.45, 7) is 6.19. The van der Waals surface area contributed by atoms with Gasteiger partial charge in [0.1, 0.15) is 0 Å². The monoisotopic (exact) mass is 293 g/mol. The molecule has 0 fully saturated rings. The summed E-state index contributed by atoms with van der Waals surface area (Å²) < 4.78 is 6.47. The number of hydrogen-bond acceptors (Lipinski definition) is 4. The van der Waals surface area contributed by atoms with Gasteiger partial charge < -0.3 is 4.74 Å². The van der Waals surface area contributed by atoms with Gasteiger partial charge in [0.05, 0.1) is 18.5 Å². The summed E-state index contributed by atoms with van der Waals surface area (Å²) in [5.41, 5.74) is 2.08. The van der Waals surface area contributed by atoms with Crippen molar-refractivity contribution in [1.29, 1.82) is 0 Å². The maximum atomic E-state index is 11.6. The van der Waals surface area contributed by atoms with Gasteiger partial charge in [0.25, 0.3) is 0 Å². The minimum Gasteiger partial charge on any atom is -0.461 e. The molecule has 0 aliphatic rings. The van der Waals surface area contributed by atoms with E-state index < -0.39 is 5.97 Å². The zero-order valence-corrected chi connectivity index (χ0v) is 12.4. The van der Waals surface area contributed by atoms with Crippen LogP contribution in [0.4, 0.5) is 0 Å². The Kier molecular flexibility index (Phi) is 4.39. The highest BCUT2D eigenvalue weighted by molar-refractivity contribution is 6.30. The highest BCUT2D eigenvalue weighted by atomic mass is 35.5. The second kappa shape index (κ2) is 6.05. The first-order chi connectivity index (χ1) is 9.52. The maximum Gasteiger partial charge on any atom is 0.360 e. The number of rotatable bonds is 4. The van der Waals surface area contributed by atoms with Crippen LogP contribution in [0.1, 0.15) is 42.7 Å². The molecule has 0 saturated heterocycles. The highest BCUT2D eigenvalue weighted by Gasteiger charge is 2.15. The molecule has 0 atom stereocenters. The molecule has 1 aromatic carbocycles. The Bertz CT molecular complexity index is 623. The van der Waals surface area contributed by atoms with Crippen molar-refractivity contribution in [3.05, 3.63) is 40.7 Å². The van der Waals surface area contributed by atoms with Gasteiger partial charge >= 0.3 is 5.97 Å². The van der Waals surface area contributed by atoms with Crippen molar-refractivity contribution in [2.24, 2.45) is 0 Å². The molecule has 0 aliphatic heterocycles. The fraction of sp³-hybridized carbons (Fsp3) is 0.357. The van der Waals surface area contributed by atoms with Crippen LogP contribution in [0.5, 0.6) is 0 Å². The van der Waals surface area contributed by atoms with Crippen LogP contribution < -0.4 is 0 Å². The third-order valence-corrected chi connectivity index (χ3v) is 3.07. The number of benzene rings is 1. The first-order valence-electron chi connectivity index (χ1n) is 6.42. The Morgan fingerprint density at radius 3 is 2.85 bits per heavy atom. The van der Waals surface area contributed by atoms with Crippen LogP contribution in [-0.4, -0.2) is 27.6 Å². The molecule has 2 aromatic rings. The normalized spacial score (nSPS) is 10.8. The minimum absolute atomic E-state index is 0.191. The smallest absolute Gasteiger partial charge is 0.360 e. The van der Waals surface area contributed by atoms with Gasteiger partial charge in [-0.2, -0.15) is 0 Å². The summed E-state index contributed by atoms with van der Waals surface area (Å²) in [5.74, 6) is -0.197. The third kappa shape index (κ3) is 2.99. The number of nitrogens with zero attached hydrogens (tertiary/aromatic N) is 3. The molecule has 0 aliphatic carbocycles. The Hall–Kier alpha value is -1.88. The summed E-state index contributed by atoms with van der Waals surface area (Å²) in [4.78, 5) is 11.6. The lowest BCUT2D eigenvalue weighted by molar-refractivity contribution is 0.0519. The molecule has 2 rings (SSSR count). The largest absolute Gasteiger partial charge is 0.461 e. The van der Waals surface area contributed by atoms with E-state index in [1.165, 1.54) is 0 Å². The second-order valence-electron chi connectivity index (χ2n) is 4.63. The Morgan fingerprint density at radius 2 is 2.20 bits per heavy atom. The fourth-order valence-corrected chi connectivity index (χ4v) is 2.06. The fourth-order valence-electron chi connectivity index (χ4n) is 1.88. The maximum absolute atomic E-state index is 11.6. The highest BCUT2D eigenvalue weighted by Crippen LogP contribution is 2.26. The van der Waals surface area contributed by atoms with Crippen molar-refractivity contribution in [3.8, 4) is 5.69 Å². The lowest BCUT2D eigenvalue weighted by Gasteiger charge is -2.12. The van der Waals surface area contributed by atoms with Crippen molar-refractivity contribution in [2.75, 3.05) is 6.61 Å². The SMILES string of the molecule is CCOC(=O)c1cn(-c2ccc(Cl)cc2C(C)C)nn1. The standard InChI is InChI=1S/C14H16ClN3O2/c1-4-20-14(19)12-8-18(17-16-12)13-6-5-10(15)7-11(13)9(2)3/h5-9H,4H2,1-3H3. The number of carbonyl (C=O) groups excluding carboxylic acids is 1. The summed E-state index contributed by atoms with van der Waals surface area (Å²) in [6.07, 6.45) is 1.56. The van der Waals surface area contributed by atoms with Crippen LogP contribution >= 0.6 is 11.6 Å². The van der Waals surface area contributed by atoms with Gasteiger partial charge in [-0.05, 0) is 36.6 Å². The first kappa shape index (κ1) is 14.5. The zero-order chi connectivity index (χ0) is 14.7. The molecule has 1 aromatic heterocycles. The van der Waals surface area contributed by atoms with E-state index in [0.29, 0.717) is 11.6 Å². The number of esters is 1. The van der Waals surface area contributed by atoms with Crippen molar-refractivity contribution in [1.82, 2.24) is 15.0 Å². The summed E-state index contributed by atoms with van der Waals surface area (Å²) >= 11 is 6.03. The van der Waals surface area contributed by atoms with Gasteiger partial charge in [-0.1, -0.05) is 30.7 Å². The number of aromatic nitrogens is 3. The van der Waals surface area contributed by atoms with E-state index in [9.17, 15) is 4.79 Å². The molecule has 0 unspecified atom stereocenters. The molecular weight excluding hydrogens is 278 g/mol. The zero-order valence-electron chi connectivity index (χ0n) is 11.6. The van der Waals surface area contributed by atoms with Gasteiger partial charge in [0, 0.05) is 5.02 Å². The van der Waals surface area contributed by atoms with Gasteiger partial charge in [-0.15, -0.1) is 5.10 Å². The van der Waals surface area contributed by atoms with Crippen molar-refractivity contribution in [2.45, 2.75) is 26.7 Å². The summed E-state index contributed by atoms with van der Waals surface area (Å²) in [7, 11) is 0. The van der Waals surface area contributed by atoms with E-state index in [0.717, 1.165) is 11.3 Å². The number of hydrogen-bond donors (Lipinski definition) is 0. The predicted molar refractivity (Wildman–Crippen MR) is 76.4 cm³/mol. The molecule has 0 radical (unpaired) electrons.